The van der Waals surface area contributed by atoms with Crippen LogP contribution in [-0.4, -0.2) is 20.4 Å². The summed E-state index contributed by atoms with van der Waals surface area (Å²) >= 11 is 0. The molecule has 0 bridgehead atoms. The van der Waals surface area contributed by atoms with Gasteiger partial charge in [-0.25, -0.2) is 0 Å². The molecule has 0 radical (unpaired) electrons. The molecular weight excluding hydrogens is 374 g/mol. The maximum Gasteiger partial charge on any atom is 0.201 e. The number of hydrogen-bond acceptors (Lipinski definition) is 7. The topological polar surface area (TPSA) is 131 Å². The van der Waals surface area contributed by atoms with E-state index in [1.807, 2.05) is 6.07 Å². The Morgan fingerprint density at radius 2 is 1.24 bits per heavy atom. The van der Waals surface area contributed by atoms with Crippen molar-refractivity contribution < 1.29 is 29.3 Å². The van der Waals surface area contributed by atoms with E-state index in [0.29, 0.717) is 27.5 Å². The Morgan fingerprint density at radius 3 is 1.76 bits per heavy atom. The minimum Gasteiger partial charge on any atom is -0.504 e. The lowest BCUT2D eigenvalue weighted by molar-refractivity contribution is 0.399. The molecule has 4 N–H and O–H groups in total. The molecule has 0 spiro atoms. The van der Waals surface area contributed by atoms with E-state index < -0.39 is 17.2 Å². The van der Waals surface area contributed by atoms with Crippen LogP contribution >= 0.6 is 0 Å². The van der Waals surface area contributed by atoms with Crippen LogP contribution in [0.3, 0.4) is 0 Å². The van der Waals surface area contributed by atoms with E-state index in [-0.39, 0.29) is 33.6 Å². The number of aryl methyl sites for hydroxylation is 3. The van der Waals surface area contributed by atoms with Gasteiger partial charge in [0.2, 0.25) is 11.5 Å². The van der Waals surface area contributed by atoms with Crippen molar-refractivity contribution in [2.75, 3.05) is 0 Å². The first-order valence-corrected chi connectivity index (χ1v) is 8.74. The van der Waals surface area contributed by atoms with Gasteiger partial charge in [0, 0.05) is 10.8 Å². The van der Waals surface area contributed by atoms with E-state index in [2.05, 4.69) is 0 Å². The normalized spacial score (nSPS) is 11.1. The molecule has 4 rings (SSSR count). The molecule has 0 saturated carbocycles. The number of nitriles is 1. The van der Waals surface area contributed by atoms with Crippen molar-refractivity contribution in [3.63, 3.8) is 0 Å². The molecule has 1 heterocycles. The largest absolute Gasteiger partial charge is 0.504 e. The van der Waals surface area contributed by atoms with Gasteiger partial charge < -0.3 is 29.3 Å². The second-order valence-corrected chi connectivity index (χ2v) is 6.99. The number of hydrogen-bond donors (Lipinski definition) is 4. The van der Waals surface area contributed by atoms with Crippen molar-refractivity contribution in [3.8, 4) is 29.1 Å². The smallest absolute Gasteiger partial charge is 0.201 e. The molecule has 0 saturated heterocycles. The molecule has 0 aliphatic carbocycles. The monoisotopic (exact) mass is 391 g/mol. The van der Waals surface area contributed by atoms with Crippen LogP contribution in [0.25, 0.3) is 33.1 Å². The quantitative estimate of drug-likeness (QED) is 0.308. The Kier molecular flexibility index (Phi) is 3.94. The molecule has 4 aromatic rings. The molecular formula is C22H17NO6. The zero-order valence-electron chi connectivity index (χ0n) is 15.9. The first-order chi connectivity index (χ1) is 13.7. The third kappa shape index (κ3) is 2.65. The van der Waals surface area contributed by atoms with Crippen molar-refractivity contribution in [1.29, 1.82) is 5.26 Å². The molecule has 0 fully saturated rings. The van der Waals surface area contributed by atoms with Gasteiger partial charge >= 0.3 is 0 Å². The predicted molar refractivity (Wildman–Crippen MR) is 107 cm³/mol. The molecule has 0 unspecified atom stereocenters. The van der Waals surface area contributed by atoms with Crippen LogP contribution in [0.1, 0.15) is 22.3 Å². The van der Waals surface area contributed by atoms with Gasteiger partial charge in [0.15, 0.2) is 33.8 Å². The Balaban J connectivity index is 2.52. The van der Waals surface area contributed by atoms with Crippen LogP contribution in [0.4, 0.5) is 0 Å². The van der Waals surface area contributed by atoms with Gasteiger partial charge in [-0.1, -0.05) is 0 Å². The van der Waals surface area contributed by atoms with Gasteiger partial charge in [-0.3, -0.25) is 0 Å². The maximum absolute atomic E-state index is 10.6. The van der Waals surface area contributed by atoms with Crippen LogP contribution < -0.4 is 0 Å². The zero-order valence-corrected chi connectivity index (χ0v) is 15.9. The minimum absolute atomic E-state index is 0.0192. The van der Waals surface area contributed by atoms with Crippen LogP contribution in [0.15, 0.2) is 33.1 Å². The lowest BCUT2D eigenvalue weighted by Crippen LogP contribution is -1.89. The molecule has 29 heavy (non-hydrogen) atoms. The highest BCUT2D eigenvalue weighted by Gasteiger charge is 2.20. The Morgan fingerprint density at radius 1 is 0.724 bits per heavy atom. The van der Waals surface area contributed by atoms with Crippen LogP contribution in [0.5, 0.6) is 23.0 Å². The van der Waals surface area contributed by atoms with E-state index in [1.54, 1.807) is 32.9 Å². The van der Waals surface area contributed by atoms with E-state index in [4.69, 9.17) is 8.83 Å². The number of benzene rings is 3. The Hall–Kier alpha value is -4.05. The molecule has 0 aliphatic heterocycles. The summed E-state index contributed by atoms with van der Waals surface area (Å²) in [5, 5.41) is 51.7. The average Bonchev–Trinajstić information content (AvgIpc) is 2.64. The third-order valence-corrected chi connectivity index (χ3v) is 4.85. The maximum atomic E-state index is 10.6. The minimum atomic E-state index is -0.513. The van der Waals surface area contributed by atoms with E-state index >= 15 is 0 Å². The lowest BCUT2D eigenvalue weighted by Gasteiger charge is -2.12. The van der Waals surface area contributed by atoms with Crippen molar-refractivity contribution in [2.24, 2.45) is 0 Å². The van der Waals surface area contributed by atoms with E-state index in [1.165, 1.54) is 12.1 Å². The summed E-state index contributed by atoms with van der Waals surface area (Å²) in [6.07, 6.45) is 0. The fourth-order valence-corrected chi connectivity index (χ4v) is 3.56. The summed E-state index contributed by atoms with van der Waals surface area (Å²) in [5.41, 5.74) is 1.94. The van der Waals surface area contributed by atoms with Gasteiger partial charge in [-0.05, 0) is 61.7 Å². The van der Waals surface area contributed by atoms with Gasteiger partial charge in [0.25, 0.3) is 0 Å². The number of rotatable bonds is 0. The molecule has 0 amide bonds. The standard InChI is InChI=1S/C22H17NO6/c1-9-4-12(8-23)20-15(5-9)28-21-16(10(2)6-13(24)18(21)26)17-11(3)7-14(25)19(27)22(17)29-20/h4-7,24-27H,1-3H3. The summed E-state index contributed by atoms with van der Waals surface area (Å²) in [6, 6.07) is 7.94. The Labute approximate surface area is 164 Å². The molecule has 3 aromatic carbocycles. The lowest BCUT2D eigenvalue weighted by atomic mass is 10.0. The number of phenols is 4. The molecule has 1 aromatic heterocycles. The number of fused-ring (bicyclic) bond motifs is 4. The summed E-state index contributed by atoms with van der Waals surface area (Å²) in [5.74, 6) is -1.77. The average molecular weight is 391 g/mol. The fourth-order valence-electron chi connectivity index (χ4n) is 3.56. The highest BCUT2D eigenvalue weighted by atomic mass is 16.4. The first-order valence-electron chi connectivity index (χ1n) is 8.74. The van der Waals surface area contributed by atoms with Gasteiger partial charge in [0.05, 0.1) is 5.56 Å². The zero-order chi connectivity index (χ0) is 21.0. The number of nitrogens with zero attached hydrogens (tertiary/aromatic N) is 1. The number of aromatic hydroxyl groups is 4. The van der Waals surface area contributed by atoms with Gasteiger partial charge in [-0.15, -0.1) is 0 Å². The van der Waals surface area contributed by atoms with Crippen molar-refractivity contribution in [3.05, 3.63) is 46.5 Å². The van der Waals surface area contributed by atoms with Crippen molar-refractivity contribution in [2.45, 2.75) is 20.8 Å². The molecule has 0 aliphatic rings. The number of phenolic OH excluding ortho intramolecular Hbond substituents is 4. The molecule has 0 atom stereocenters. The third-order valence-electron chi connectivity index (χ3n) is 4.85. The van der Waals surface area contributed by atoms with Crippen molar-refractivity contribution >= 4 is 33.1 Å². The highest BCUT2D eigenvalue weighted by molar-refractivity contribution is 6.10. The molecule has 7 nitrogen and oxygen atoms in total. The SMILES string of the molecule is Cc1cc(C#N)c2oc3c(O)c(O)cc(C)c3c3c(C)cc(O)c(O)c3oc2c1. The fraction of sp³-hybridized carbons (Fsp3) is 0.136. The van der Waals surface area contributed by atoms with Crippen LogP contribution in [0.2, 0.25) is 0 Å². The summed E-state index contributed by atoms with van der Waals surface area (Å²) in [4.78, 5) is 0. The van der Waals surface area contributed by atoms with Crippen LogP contribution in [-0.2, 0) is 0 Å². The molecule has 7 heteroatoms. The second-order valence-electron chi connectivity index (χ2n) is 6.99. The second kappa shape index (κ2) is 6.24. The Bertz CT molecular complexity index is 1430. The van der Waals surface area contributed by atoms with E-state index in [0.717, 1.165) is 0 Å². The summed E-state index contributed by atoms with van der Waals surface area (Å²) < 4.78 is 11.9. The predicted octanol–water partition coefficient (Wildman–Crippen LogP) is 5.08. The van der Waals surface area contributed by atoms with Crippen LogP contribution in [0, 0.1) is 32.1 Å². The first kappa shape index (κ1) is 18.3. The van der Waals surface area contributed by atoms with E-state index in [9.17, 15) is 25.7 Å². The van der Waals surface area contributed by atoms with Gasteiger partial charge in [-0.2, -0.15) is 5.26 Å². The highest BCUT2D eigenvalue weighted by Crippen LogP contribution is 2.44. The summed E-state index contributed by atoms with van der Waals surface area (Å²) in [6.45, 7) is 5.16. The summed E-state index contributed by atoms with van der Waals surface area (Å²) in [7, 11) is 0. The van der Waals surface area contributed by atoms with Crippen molar-refractivity contribution in [1.82, 2.24) is 0 Å². The van der Waals surface area contributed by atoms with Gasteiger partial charge in [0.1, 0.15) is 6.07 Å². The molecule has 146 valence electrons.